The number of hydrogen-bond donors (Lipinski definition) is 5. The first kappa shape index (κ1) is 52.3. The molecule has 3 aromatic carbocycles. The third-order valence-electron chi connectivity index (χ3n) is 12.7. The van der Waals surface area contributed by atoms with Gasteiger partial charge in [-0.3, -0.25) is 24.2 Å². The Morgan fingerprint density at radius 2 is 1.52 bits per heavy atom. The molecule has 6 aromatic rings. The molecule has 1 fully saturated rings. The second-order valence-electron chi connectivity index (χ2n) is 19.3. The number of carbonyl (C=O) groups is 4. The number of nitrogens with zero attached hydrogens (tertiary/aromatic N) is 5. The zero-order valence-electron chi connectivity index (χ0n) is 41.1. The van der Waals surface area contributed by atoms with E-state index in [9.17, 15) is 24.3 Å². The molecule has 5 N–H and O–H groups in total. The first-order chi connectivity index (χ1) is 34.1. The molecule has 1 aliphatic rings. The second kappa shape index (κ2) is 24.5. The average molecular weight is 999 g/mol. The van der Waals surface area contributed by atoms with Crippen LogP contribution in [0.25, 0.3) is 32.8 Å². The number of aryl methyl sites for hydroxylation is 1. The number of halogens is 1. The highest BCUT2D eigenvalue weighted by Gasteiger charge is 2.44. The molecule has 71 heavy (non-hydrogen) atoms. The Morgan fingerprint density at radius 1 is 0.817 bits per heavy atom. The third kappa shape index (κ3) is 14.3. The Bertz CT molecular complexity index is 2770. The number of unbranched alkanes of at least 4 members (excludes halogenated alkanes) is 6. The summed E-state index contributed by atoms with van der Waals surface area (Å²) in [6.07, 6.45) is 10.5. The van der Waals surface area contributed by atoms with Gasteiger partial charge in [-0.1, -0.05) is 137 Å². The fourth-order valence-corrected chi connectivity index (χ4v) is 9.73. The van der Waals surface area contributed by atoms with Crippen molar-refractivity contribution in [2.24, 2.45) is 5.41 Å². The Labute approximate surface area is 425 Å². The summed E-state index contributed by atoms with van der Waals surface area (Å²) in [5, 5.41) is 23.2. The molecule has 0 unspecified atom stereocenters. The van der Waals surface area contributed by atoms with Gasteiger partial charge in [-0.15, -0.1) is 11.3 Å². The normalized spacial score (nSPS) is 15.5. The maximum atomic E-state index is 14.1. The van der Waals surface area contributed by atoms with Crippen LogP contribution in [-0.2, 0) is 14.4 Å². The van der Waals surface area contributed by atoms with Gasteiger partial charge in [0.15, 0.2) is 0 Å². The molecule has 0 saturated carbocycles. The van der Waals surface area contributed by atoms with Crippen LogP contribution < -0.4 is 21.3 Å². The maximum Gasteiger partial charge on any atom is 0.252 e. The predicted molar refractivity (Wildman–Crippen MR) is 281 cm³/mol. The zero-order chi connectivity index (χ0) is 50.5. The van der Waals surface area contributed by atoms with Crippen molar-refractivity contribution in [3.8, 4) is 32.8 Å². The minimum Gasteiger partial charge on any atom is -0.391 e. The summed E-state index contributed by atoms with van der Waals surface area (Å²) in [7, 11) is 0. The van der Waals surface area contributed by atoms with Gasteiger partial charge in [0.2, 0.25) is 23.7 Å². The lowest BCUT2D eigenvalue weighted by Crippen LogP contribution is -2.57. The van der Waals surface area contributed by atoms with Crippen molar-refractivity contribution in [1.29, 1.82) is 0 Å². The number of benzene rings is 3. The predicted octanol–water partition coefficient (Wildman–Crippen LogP) is 10.3. The molecule has 1 aliphatic heterocycles. The van der Waals surface area contributed by atoms with E-state index < -0.39 is 23.6 Å². The molecule has 0 aliphatic carbocycles. The van der Waals surface area contributed by atoms with Gasteiger partial charge in [0, 0.05) is 37.7 Å². The van der Waals surface area contributed by atoms with Crippen LogP contribution in [0.1, 0.15) is 113 Å². The van der Waals surface area contributed by atoms with Gasteiger partial charge in [-0.25, -0.2) is 15.0 Å². The molecule has 7 rings (SSSR count). The van der Waals surface area contributed by atoms with Crippen LogP contribution >= 0.6 is 22.9 Å². The van der Waals surface area contributed by atoms with Gasteiger partial charge >= 0.3 is 0 Å². The summed E-state index contributed by atoms with van der Waals surface area (Å²) < 4.78 is 0. The number of carbonyl (C=O) groups excluding carboxylic acids is 4. The largest absolute Gasteiger partial charge is 0.391 e. The van der Waals surface area contributed by atoms with Gasteiger partial charge in [-0.2, -0.15) is 0 Å². The molecule has 16 heteroatoms. The van der Waals surface area contributed by atoms with E-state index in [1.165, 1.54) is 11.1 Å². The molecule has 0 radical (unpaired) electrons. The molecule has 3 aromatic heterocycles. The molecule has 14 nitrogen and oxygen atoms in total. The second-order valence-corrected chi connectivity index (χ2v) is 20.5. The molecule has 372 valence electrons. The van der Waals surface area contributed by atoms with E-state index in [0.29, 0.717) is 40.9 Å². The van der Waals surface area contributed by atoms with Crippen molar-refractivity contribution in [3.05, 3.63) is 131 Å². The van der Waals surface area contributed by atoms with Crippen LogP contribution in [0.5, 0.6) is 0 Å². The van der Waals surface area contributed by atoms with Crippen molar-refractivity contribution >= 4 is 58.2 Å². The lowest BCUT2D eigenvalue weighted by molar-refractivity contribution is -0.144. The summed E-state index contributed by atoms with van der Waals surface area (Å²) in [5.74, 6) is -0.838. The van der Waals surface area contributed by atoms with Gasteiger partial charge in [0.25, 0.3) is 5.91 Å². The summed E-state index contributed by atoms with van der Waals surface area (Å²) in [5.41, 5.74) is 8.66. The number of β-amino-alcohol motifs (C(OH)–C–C–N with tert-alkyl or cyclic N) is 1. The fraction of sp³-hybridized carbons (Fsp3) is 0.382. The number of aliphatic hydroxyl groups is 1. The Hall–Kier alpha value is -6.55. The van der Waals surface area contributed by atoms with Gasteiger partial charge < -0.3 is 31.3 Å². The van der Waals surface area contributed by atoms with Crippen molar-refractivity contribution in [1.82, 2.24) is 40.8 Å². The lowest BCUT2D eigenvalue weighted by Gasteiger charge is -2.35. The van der Waals surface area contributed by atoms with E-state index in [1.807, 2.05) is 107 Å². The monoisotopic (exact) mass is 997 g/mol. The number of aromatic nitrogens is 4. The topological polar surface area (TPSA) is 191 Å². The third-order valence-corrected chi connectivity index (χ3v) is 13.9. The Morgan fingerprint density at radius 3 is 2.24 bits per heavy atom. The number of pyridine rings is 1. The summed E-state index contributed by atoms with van der Waals surface area (Å²) in [6.45, 7) is 10.1. The van der Waals surface area contributed by atoms with E-state index in [-0.39, 0.29) is 49.1 Å². The number of rotatable bonds is 21. The number of likely N-dealkylation sites (tertiary alicyclic amines) is 1. The molecule has 4 heterocycles. The highest BCUT2D eigenvalue weighted by atomic mass is 35.5. The Kier molecular flexibility index (Phi) is 18.1. The number of anilines is 2. The number of amides is 4. The number of hydrogen-bond acceptors (Lipinski definition) is 11. The van der Waals surface area contributed by atoms with Crippen molar-refractivity contribution < 1.29 is 24.3 Å². The van der Waals surface area contributed by atoms with Crippen molar-refractivity contribution in [2.75, 3.05) is 18.4 Å². The highest BCUT2D eigenvalue weighted by Crippen LogP contribution is 2.32. The number of thiazole rings is 1. The van der Waals surface area contributed by atoms with E-state index in [2.05, 4.69) is 53.3 Å². The van der Waals surface area contributed by atoms with Crippen LogP contribution in [0.15, 0.2) is 109 Å². The highest BCUT2D eigenvalue weighted by molar-refractivity contribution is 7.13. The quantitative estimate of drug-likeness (QED) is 0.0434. The van der Waals surface area contributed by atoms with Gasteiger partial charge in [0.05, 0.1) is 62.6 Å². The molecule has 0 bridgehead atoms. The van der Waals surface area contributed by atoms with Crippen LogP contribution in [0.3, 0.4) is 0 Å². The minimum atomic E-state index is -0.874. The summed E-state index contributed by atoms with van der Waals surface area (Å²) in [6, 6.07) is 25.7. The smallest absolute Gasteiger partial charge is 0.252 e. The van der Waals surface area contributed by atoms with Gasteiger partial charge in [-0.05, 0) is 66.5 Å². The molecular formula is C55H64ClN9O5S. The van der Waals surface area contributed by atoms with Crippen molar-refractivity contribution in [2.45, 2.75) is 117 Å². The number of aliphatic hydroxyl groups excluding tert-OH is 1. The molecule has 4 amide bonds. The van der Waals surface area contributed by atoms with Crippen LogP contribution in [0.2, 0.25) is 5.02 Å². The van der Waals surface area contributed by atoms with Crippen LogP contribution in [-0.4, -0.2) is 84.8 Å². The fourth-order valence-electron chi connectivity index (χ4n) is 8.72. The molecular weight excluding hydrogens is 934 g/mol. The maximum absolute atomic E-state index is 14.1. The Balaban J connectivity index is 0.791. The van der Waals surface area contributed by atoms with Crippen LogP contribution in [0, 0.1) is 12.3 Å². The zero-order valence-corrected chi connectivity index (χ0v) is 42.7. The number of nitrogens with one attached hydrogen (secondary N) is 4. The first-order valence-electron chi connectivity index (χ1n) is 24.4. The SMILES string of the molecule is Cc1ncsc1-c1ccc([C@H](C)NC(=O)[C@@H]2C[C@@H](O)CN2C(=O)[C@@H](NC(=O)CCCCCCCCCNC(=O)c2cncc(Nc3ncc(Cl)c(-c4cccc(-c5ccccc5)c4)n3)c2)C(C)(C)C)cc1. The summed E-state index contributed by atoms with van der Waals surface area (Å²) >= 11 is 8.14. The minimum absolute atomic E-state index is 0.0162. The van der Waals surface area contributed by atoms with E-state index in [1.54, 1.807) is 29.8 Å². The molecule has 1 saturated heterocycles. The molecule has 4 atom stereocenters. The van der Waals surface area contributed by atoms with Crippen LogP contribution in [0.4, 0.5) is 11.6 Å². The first-order valence-corrected chi connectivity index (χ1v) is 25.7. The standard InChI is InChI=1S/C55H64ClN9O5S/c1-35(37-22-24-39(25-23-37)49-36(2)60-34-71-49)61-52(69)46-29-44(66)33-65(46)53(70)50(55(3,4)5)63-47(67)21-14-9-7-6-8-10-15-26-58-51(68)42-28-43(31-57-30-42)62-54-59-32-45(56)48(64-54)41-20-16-19-40(27-41)38-17-12-11-13-18-38/h11-13,16-20,22-25,27-28,30-32,34-35,44,46,50,66H,6-10,14-15,21,26,29,33H2,1-5H3,(H,58,68)(H,61,69)(H,63,67)(H,59,62,64)/t35-,44+,46-,50+/m0/s1. The summed E-state index contributed by atoms with van der Waals surface area (Å²) in [4.78, 5) is 74.2. The van der Waals surface area contributed by atoms with Crippen molar-refractivity contribution in [3.63, 3.8) is 0 Å². The van der Waals surface area contributed by atoms with E-state index in [0.717, 1.165) is 76.9 Å². The van der Waals surface area contributed by atoms with Gasteiger partial charge in [0.1, 0.15) is 12.1 Å². The average Bonchev–Trinajstić information content (AvgIpc) is 3.99. The molecule has 0 spiro atoms. The van der Waals surface area contributed by atoms with E-state index >= 15 is 0 Å². The van der Waals surface area contributed by atoms with E-state index in [4.69, 9.17) is 11.6 Å². The lowest BCUT2D eigenvalue weighted by atomic mass is 9.85.